The summed E-state index contributed by atoms with van der Waals surface area (Å²) in [7, 11) is 2.00. The van der Waals surface area contributed by atoms with E-state index in [4.69, 9.17) is 4.98 Å². The monoisotopic (exact) mass is 459 g/mol. The first kappa shape index (κ1) is 21.4. The zero-order valence-electron chi connectivity index (χ0n) is 20.2. The first-order valence-corrected chi connectivity index (χ1v) is 12.5. The smallest absolute Gasteiger partial charge is 0.272 e. The normalized spacial score (nSPS) is 22.8. The maximum Gasteiger partial charge on any atom is 0.272 e. The van der Waals surface area contributed by atoms with Crippen LogP contribution in [0.25, 0.3) is 0 Å². The number of carbonyl (C=O) groups is 1. The van der Waals surface area contributed by atoms with Gasteiger partial charge < -0.3 is 19.4 Å². The van der Waals surface area contributed by atoms with Crippen molar-refractivity contribution in [3.8, 4) is 0 Å². The van der Waals surface area contributed by atoms with Crippen LogP contribution < -0.4 is 10.2 Å². The van der Waals surface area contributed by atoms with Gasteiger partial charge in [0, 0.05) is 37.7 Å². The number of pyridine rings is 1. The second kappa shape index (κ2) is 8.25. The number of rotatable bonds is 7. The Kier molecular flexibility index (Phi) is 5.19. The van der Waals surface area contributed by atoms with Gasteiger partial charge in [-0.15, -0.1) is 0 Å². The van der Waals surface area contributed by atoms with Crippen LogP contribution in [0.2, 0.25) is 0 Å². The summed E-state index contributed by atoms with van der Waals surface area (Å²) in [6.45, 7) is 7.44. The first-order valence-electron chi connectivity index (χ1n) is 12.5. The fourth-order valence-corrected chi connectivity index (χ4v) is 5.61. The summed E-state index contributed by atoms with van der Waals surface area (Å²) >= 11 is 0. The van der Waals surface area contributed by atoms with Gasteiger partial charge in [-0.2, -0.15) is 0 Å². The molecule has 178 valence electrons. The largest absolute Gasteiger partial charge is 0.356 e. The van der Waals surface area contributed by atoms with E-state index < -0.39 is 0 Å². The van der Waals surface area contributed by atoms with Crippen LogP contribution in [-0.2, 0) is 26.4 Å². The van der Waals surface area contributed by atoms with E-state index >= 15 is 0 Å². The van der Waals surface area contributed by atoms with Gasteiger partial charge in [0.15, 0.2) is 0 Å². The number of aromatic nitrogens is 5. The Labute approximate surface area is 200 Å². The van der Waals surface area contributed by atoms with Crippen LogP contribution in [0.5, 0.6) is 0 Å². The van der Waals surface area contributed by atoms with Crippen molar-refractivity contribution in [2.75, 3.05) is 18.0 Å². The Balaban J connectivity index is 1.16. The molecule has 0 radical (unpaired) electrons. The number of piperidine rings is 1. The van der Waals surface area contributed by atoms with Gasteiger partial charge in [-0.25, -0.2) is 15.0 Å². The van der Waals surface area contributed by atoms with Crippen molar-refractivity contribution >= 4 is 11.7 Å². The summed E-state index contributed by atoms with van der Waals surface area (Å²) in [4.78, 5) is 29.3. The van der Waals surface area contributed by atoms with Crippen LogP contribution in [0.15, 0.2) is 31.0 Å². The van der Waals surface area contributed by atoms with E-state index in [1.165, 1.54) is 17.7 Å². The zero-order chi connectivity index (χ0) is 23.4. The summed E-state index contributed by atoms with van der Waals surface area (Å²) in [6.07, 6.45) is 9.56. The molecular weight excluding hydrogens is 426 g/mol. The molecule has 2 fully saturated rings. The highest BCUT2D eigenvalue weighted by Crippen LogP contribution is 2.46. The minimum absolute atomic E-state index is 0.0418. The van der Waals surface area contributed by atoms with E-state index in [-0.39, 0.29) is 11.9 Å². The molecule has 2 unspecified atom stereocenters. The van der Waals surface area contributed by atoms with Gasteiger partial charge >= 0.3 is 0 Å². The van der Waals surface area contributed by atoms with E-state index in [0.29, 0.717) is 18.2 Å². The molecule has 3 aromatic rings. The molecule has 3 aliphatic rings. The predicted molar refractivity (Wildman–Crippen MR) is 130 cm³/mol. The lowest BCUT2D eigenvalue weighted by Crippen LogP contribution is -2.27. The maximum absolute atomic E-state index is 12.9. The number of carbonyl (C=O) groups excluding carboxylic acids is 1. The molecular formula is C26H33N7O. The van der Waals surface area contributed by atoms with Crippen molar-refractivity contribution < 1.29 is 4.79 Å². The minimum atomic E-state index is -0.147. The fraction of sp³-hybridized carbons (Fsp3) is 0.538. The average Bonchev–Trinajstić information content (AvgIpc) is 3.27. The number of hydrogen-bond donors (Lipinski definition) is 1. The van der Waals surface area contributed by atoms with Gasteiger partial charge in [0.25, 0.3) is 5.91 Å². The van der Waals surface area contributed by atoms with Crippen LogP contribution in [0.1, 0.15) is 65.9 Å². The van der Waals surface area contributed by atoms with Crippen LogP contribution in [-0.4, -0.2) is 43.1 Å². The van der Waals surface area contributed by atoms with Crippen molar-refractivity contribution in [1.29, 1.82) is 0 Å². The van der Waals surface area contributed by atoms with E-state index in [1.54, 1.807) is 6.33 Å². The number of imidazole rings is 2. The van der Waals surface area contributed by atoms with Crippen molar-refractivity contribution in [1.82, 2.24) is 29.4 Å². The Morgan fingerprint density at radius 1 is 1.18 bits per heavy atom. The molecule has 0 spiro atoms. The maximum atomic E-state index is 12.9. The number of nitrogens with zero attached hydrogens (tertiary/aromatic N) is 6. The van der Waals surface area contributed by atoms with E-state index in [9.17, 15) is 4.79 Å². The third kappa shape index (κ3) is 3.99. The van der Waals surface area contributed by atoms with Gasteiger partial charge in [-0.1, -0.05) is 19.9 Å². The summed E-state index contributed by atoms with van der Waals surface area (Å²) < 4.78 is 4.03. The number of nitrogens with one attached hydrogen (secondary N) is 1. The lowest BCUT2D eigenvalue weighted by atomic mass is 10.0. The van der Waals surface area contributed by atoms with E-state index in [0.717, 1.165) is 61.4 Å². The molecule has 0 bridgehead atoms. The first-order chi connectivity index (χ1) is 16.4. The van der Waals surface area contributed by atoms with Crippen LogP contribution >= 0.6 is 0 Å². The van der Waals surface area contributed by atoms with E-state index in [2.05, 4.69) is 46.2 Å². The number of hydrogen-bond acceptors (Lipinski definition) is 5. The topological polar surface area (TPSA) is 80.9 Å². The van der Waals surface area contributed by atoms with Crippen molar-refractivity contribution in [3.05, 3.63) is 59.3 Å². The fourth-order valence-electron chi connectivity index (χ4n) is 5.61. The standard InChI is InChI=1S/C26H33N7O/c1-16(2)8-21-17(4-7-24(29-21)33-11-18-9-19(18)12-33)10-32-13-22(27-15-32)26(34)30-20-5-6-23-25(20)28-14-31(23)3/h4,7,13-16,18-20H,5-6,8-12H2,1-3H3,(H,30,34)/t18?,19?,20-/m1/s1. The molecule has 8 nitrogen and oxygen atoms in total. The molecule has 1 N–H and O–H groups in total. The van der Waals surface area contributed by atoms with Gasteiger partial charge in [-0.05, 0) is 55.1 Å². The highest BCUT2D eigenvalue weighted by Gasteiger charge is 2.45. The van der Waals surface area contributed by atoms with Gasteiger partial charge in [0.1, 0.15) is 11.5 Å². The zero-order valence-corrected chi connectivity index (χ0v) is 20.2. The van der Waals surface area contributed by atoms with Crippen molar-refractivity contribution in [3.63, 3.8) is 0 Å². The molecule has 6 rings (SSSR count). The predicted octanol–water partition coefficient (Wildman–Crippen LogP) is 3.13. The van der Waals surface area contributed by atoms with Gasteiger partial charge in [0.2, 0.25) is 0 Å². The molecule has 1 saturated carbocycles. The lowest BCUT2D eigenvalue weighted by Gasteiger charge is -2.21. The summed E-state index contributed by atoms with van der Waals surface area (Å²) in [5.74, 6) is 3.27. The second-order valence-electron chi connectivity index (χ2n) is 10.7. The Hall–Kier alpha value is -3.16. The molecule has 0 aromatic carbocycles. The van der Waals surface area contributed by atoms with Gasteiger partial charge in [-0.3, -0.25) is 4.79 Å². The highest BCUT2D eigenvalue weighted by atomic mass is 16.2. The third-order valence-electron chi connectivity index (χ3n) is 7.57. The molecule has 1 amide bonds. The number of aryl methyl sites for hydroxylation is 1. The van der Waals surface area contributed by atoms with Crippen LogP contribution in [0, 0.1) is 17.8 Å². The molecule has 4 heterocycles. The molecule has 3 aromatic heterocycles. The quantitative estimate of drug-likeness (QED) is 0.587. The third-order valence-corrected chi connectivity index (χ3v) is 7.57. The van der Waals surface area contributed by atoms with Crippen LogP contribution in [0.3, 0.4) is 0 Å². The number of fused-ring (bicyclic) bond motifs is 2. The molecule has 1 saturated heterocycles. The Morgan fingerprint density at radius 3 is 2.79 bits per heavy atom. The Morgan fingerprint density at radius 2 is 2.00 bits per heavy atom. The summed E-state index contributed by atoms with van der Waals surface area (Å²) in [5, 5.41) is 3.12. The lowest BCUT2D eigenvalue weighted by molar-refractivity contribution is 0.0931. The SMILES string of the molecule is CC(C)Cc1nc(N2CC3CC3C2)ccc1Cn1cnc(C(=O)N[C@@H]2CCc3c2ncn3C)c1. The highest BCUT2D eigenvalue weighted by molar-refractivity contribution is 5.92. The molecule has 3 atom stereocenters. The minimum Gasteiger partial charge on any atom is -0.356 e. The average molecular weight is 460 g/mol. The van der Waals surface area contributed by atoms with Crippen LogP contribution in [0.4, 0.5) is 5.82 Å². The summed E-state index contributed by atoms with van der Waals surface area (Å²) in [5.41, 5.74) is 4.97. The second-order valence-corrected chi connectivity index (χ2v) is 10.7. The molecule has 1 aliphatic heterocycles. The van der Waals surface area contributed by atoms with Crippen molar-refractivity contribution in [2.24, 2.45) is 24.8 Å². The van der Waals surface area contributed by atoms with Crippen molar-refractivity contribution in [2.45, 2.75) is 52.1 Å². The molecule has 8 heteroatoms. The number of anilines is 1. The summed E-state index contributed by atoms with van der Waals surface area (Å²) in [6, 6.07) is 4.34. The Bertz CT molecular complexity index is 1220. The number of amides is 1. The molecule has 34 heavy (non-hydrogen) atoms. The van der Waals surface area contributed by atoms with E-state index in [1.807, 2.05) is 28.7 Å². The molecule has 2 aliphatic carbocycles. The van der Waals surface area contributed by atoms with Gasteiger partial charge in [0.05, 0.1) is 30.9 Å².